The zero-order chi connectivity index (χ0) is 11.8. The fourth-order valence-corrected chi connectivity index (χ4v) is 2.40. The summed E-state index contributed by atoms with van der Waals surface area (Å²) in [6.07, 6.45) is 2.70. The van der Waals surface area contributed by atoms with Gasteiger partial charge in [-0.25, -0.2) is 0 Å². The fraction of sp³-hybridized carbons (Fsp3) is 0.500. The maximum atomic E-state index is 5.99. The third-order valence-electron chi connectivity index (χ3n) is 3.71. The minimum atomic E-state index is 0.358. The van der Waals surface area contributed by atoms with Crippen LogP contribution in [0.5, 0.6) is 0 Å². The molecule has 1 aliphatic heterocycles. The Morgan fingerprint density at radius 1 is 1.29 bits per heavy atom. The molecule has 1 saturated carbocycles. The quantitative estimate of drug-likeness (QED) is 0.862. The molecule has 0 aromatic heterocycles. The molecule has 1 aromatic carbocycles. The third-order valence-corrected chi connectivity index (χ3v) is 3.71. The number of hydrogen-bond donors (Lipinski definition) is 1. The average molecular weight is 229 g/mol. The first kappa shape index (κ1) is 10.6. The van der Waals surface area contributed by atoms with Crippen molar-refractivity contribution >= 4 is 5.96 Å². The number of nitrogens with zero attached hydrogens (tertiary/aromatic N) is 2. The van der Waals surface area contributed by atoms with Crippen LogP contribution < -0.4 is 5.73 Å². The highest BCUT2D eigenvalue weighted by atomic mass is 15.3. The maximum Gasteiger partial charge on any atom is 0.191 e. The Balaban J connectivity index is 1.79. The van der Waals surface area contributed by atoms with Gasteiger partial charge in [-0.05, 0) is 31.2 Å². The van der Waals surface area contributed by atoms with Crippen LogP contribution in [-0.4, -0.2) is 23.9 Å². The molecule has 0 spiro atoms. The largest absolute Gasteiger partial charge is 0.370 e. The second kappa shape index (κ2) is 4.06. The summed E-state index contributed by atoms with van der Waals surface area (Å²) in [5, 5.41) is 0. The first-order valence-corrected chi connectivity index (χ1v) is 6.37. The van der Waals surface area contributed by atoms with Gasteiger partial charge in [0.15, 0.2) is 5.96 Å². The highest BCUT2D eigenvalue weighted by molar-refractivity contribution is 5.80. The van der Waals surface area contributed by atoms with Crippen LogP contribution in [-0.2, 0) is 0 Å². The molecule has 0 bridgehead atoms. The Morgan fingerprint density at radius 2 is 2.00 bits per heavy atom. The first-order chi connectivity index (χ1) is 8.24. The van der Waals surface area contributed by atoms with E-state index in [2.05, 4.69) is 41.1 Å². The molecular weight excluding hydrogens is 210 g/mol. The van der Waals surface area contributed by atoms with Crippen molar-refractivity contribution in [1.29, 1.82) is 0 Å². The first-order valence-electron chi connectivity index (χ1n) is 6.37. The van der Waals surface area contributed by atoms with E-state index in [1.807, 2.05) is 0 Å². The molecule has 1 aliphatic carbocycles. The van der Waals surface area contributed by atoms with E-state index >= 15 is 0 Å². The lowest BCUT2D eigenvalue weighted by Crippen LogP contribution is -2.37. The molecule has 1 aromatic rings. The van der Waals surface area contributed by atoms with E-state index in [0.29, 0.717) is 6.04 Å². The molecule has 17 heavy (non-hydrogen) atoms. The van der Waals surface area contributed by atoms with E-state index in [1.54, 1.807) is 0 Å². The number of hydrogen-bond acceptors (Lipinski definition) is 3. The molecule has 1 atom stereocenters. The zero-order valence-corrected chi connectivity index (χ0v) is 10.3. The minimum Gasteiger partial charge on any atom is -0.370 e. The number of nitrogens with two attached hydrogens (primary N) is 1. The van der Waals surface area contributed by atoms with E-state index in [1.165, 1.54) is 24.0 Å². The predicted octanol–water partition coefficient (Wildman–Crippen LogP) is 2.08. The summed E-state index contributed by atoms with van der Waals surface area (Å²) in [4.78, 5) is 6.68. The molecule has 1 heterocycles. The molecule has 90 valence electrons. The Hall–Kier alpha value is -1.51. The average Bonchev–Trinajstić information content (AvgIpc) is 3.07. The number of guanidine groups is 1. The normalized spacial score (nSPS) is 23.9. The van der Waals surface area contributed by atoms with E-state index in [9.17, 15) is 0 Å². The lowest BCUT2D eigenvalue weighted by atomic mass is 10.0. The molecule has 0 saturated heterocycles. The van der Waals surface area contributed by atoms with Crippen LogP contribution in [0.4, 0.5) is 0 Å². The number of rotatable bonds is 3. The second-order valence-corrected chi connectivity index (χ2v) is 5.22. The SMILES string of the molecule is Cc1ccc(C2CN=C(N)N2CC2CC2)cc1. The van der Waals surface area contributed by atoms with Gasteiger partial charge in [0, 0.05) is 6.54 Å². The topological polar surface area (TPSA) is 41.6 Å². The van der Waals surface area contributed by atoms with Crippen molar-refractivity contribution in [2.24, 2.45) is 16.6 Å². The fourth-order valence-electron chi connectivity index (χ4n) is 2.40. The highest BCUT2D eigenvalue weighted by Gasteiger charge is 2.32. The molecule has 1 fully saturated rings. The molecule has 1 unspecified atom stereocenters. The van der Waals surface area contributed by atoms with Crippen LogP contribution in [0.2, 0.25) is 0 Å². The summed E-state index contributed by atoms with van der Waals surface area (Å²) in [5.74, 6) is 1.57. The van der Waals surface area contributed by atoms with E-state index in [4.69, 9.17) is 5.73 Å². The third kappa shape index (κ3) is 2.14. The van der Waals surface area contributed by atoms with Crippen molar-refractivity contribution in [3.05, 3.63) is 35.4 Å². The number of benzene rings is 1. The summed E-state index contributed by atoms with van der Waals surface area (Å²) in [7, 11) is 0. The van der Waals surface area contributed by atoms with Crippen LogP contribution in [0.15, 0.2) is 29.3 Å². The van der Waals surface area contributed by atoms with Crippen LogP contribution in [0.3, 0.4) is 0 Å². The van der Waals surface area contributed by atoms with Gasteiger partial charge in [0.05, 0.1) is 12.6 Å². The van der Waals surface area contributed by atoms with Gasteiger partial charge < -0.3 is 10.6 Å². The molecule has 3 rings (SSSR count). The van der Waals surface area contributed by atoms with Gasteiger partial charge in [0.1, 0.15) is 0 Å². The molecule has 2 N–H and O–H groups in total. The lowest BCUT2D eigenvalue weighted by molar-refractivity contribution is 0.334. The zero-order valence-electron chi connectivity index (χ0n) is 10.3. The van der Waals surface area contributed by atoms with E-state index in [0.717, 1.165) is 25.0 Å². The number of aliphatic imine (C=N–C) groups is 1. The van der Waals surface area contributed by atoms with Crippen molar-refractivity contribution in [3.8, 4) is 0 Å². The highest BCUT2D eigenvalue weighted by Crippen LogP contribution is 2.34. The van der Waals surface area contributed by atoms with Crippen molar-refractivity contribution in [1.82, 2.24) is 4.90 Å². The summed E-state index contributed by atoms with van der Waals surface area (Å²) < 4.78 is 0. The van der Waals surface area contributed by atoms with Gasteiger partial charge in [-0.1, -0.05) is 29.8 Å². The van der Waals surface area contributed by atoms with Crippen LogP contribution >= 0.6 is 0 Å². The van der Waals surface area contributed by atoms with Gasteiger partial charge in [0.25, 0.3) is 0 Å². The molecule has 3 heteroatoms. The standard InChI is InChI=1S/C14H19N3/c1-10-2-6-12(7-3-10)13-8-16-14(15)17(13)9-11-4-5-11/h2-3,6-7,11,13H,4-5,8-9H2,1H3,(H2,15,16). The molecule has 0 amide bonds. The Kier molecular flexibility index (Phi) is 2.54. The van der Waals surface area contributed by atoms with Crippen molar-refractivity contribution < 1.29 is 0 Å². The Labute approximate surface area is 102 Å². The van der Waals surface area contributed by atoms with Crippen LogP contribution in [0.1, 0.15) is 30.0 Å². The lowest BCUT2D eigenvalue weighted by Gasteiger charge is -2.26. The molecular formula is C14H19N3. The maximum absolute atomic E-state index is 5.99. The molecule has 0 radical (unpaired) electrons. The predicted molar refractivity (Wildman–Crippen MR) is 69.8 cm³/mol. The minimum absolute atomic E-state index is 0.358. The molecule has 2 aliphatic rings. The summed E-state index contributed by atoms with van der Waals surface area (Å²) in [6, 6.07) is 9.09. The van der Waals surface area contributed by atoms with E-state index < -0.39 is 0 Å². The monoisotopic (exact) mass is 229 g/mol. The van der Waals surface area contributed by atoms with Gasteiger partial charge >= 0.3 is 0 Å². The van der Waals surface area contributed by atoms with Gasteiger partial charge in [-0.15, -0.1) is 0 Å². The molecule has 3 nitrogen and oxygen atoms in total. The summed E-state index contributed by atoms with van der Waals surface area (Å²) in [5.41, 5.74) is 8.62. The van der Waals surface area contributed by atoms with Crippen molar-refractivity contribution in [2.45, 2.75) is 25.8 Å². The summed E-state index contributed by atoms with van der Waals surface area (Å²) >= 11 is 0. The Bertz CT molecular complexity index is 431. The van der Waals surface area contributed by atoms with Gasteiger partial charge in [-0.2, -0.15) is 0 Å². The van der Waals surface area contributed by atoms with Gasteiger partial charge in [0.2, 0.25) is 0 Å². The number of aryl methyl sites for hydroxylation is 1. The summed E-state index contributed by atoms with van der Waals surface area (Å²) in [6.45, 7) is 4.00. The second-order valence-electron chi connectivity index (χ2n) is 5.22. The smallest absolute Gasteiger partial charge is 0.191 e. The van der Waals surface area contributed by atoms with Crippen molar-refractivity contribution in [2.75, 3.05) is 13.1 Å². The van der Waals surface area contributed by atoms with Crippen LogP contribution in [0, 0.1) is 12.8 Å². The van der Waals surface area contributed by atoms with E-state index in [-0.39, 0.29) is 0 Å². The van der Waals surface area contributed by atoms with Crippen LogP contribution in [0.25, 0.3) is 0 Å². The van der Waals surface area contributed by atoms with Crippen molar-refractivity contribution in [3.63, 3.8) is 0 Å². The van der Waals surface area contributed by atoms with Gasteiger partial charge in [-0.3, -0.25) is 4.99 Å². The Morgan fingerprint density at radius 3 is 2.65 bits per heavy atom.